The summed E-state index contributed by atoms with van der Waals surface area (Å²) >= 11 is 11.8. The fraction of sp³-hybridized carbons (Fsp3) is 0.105. The van der Waals surface area contributed by atoms with Crippen LogP contribution in [0.25, 0.3) is 0 Å². The van der Waals surface area contributed by atoms with E-state index in [2.05, 4.69) is 6.58 Å². The van der Waals surface area contributed by atoms with E-state index in [0.29, 0.717) is 15.6 Å². The molecule has 0 bridgehead atoms. The van der Waals surface area contributed by atoms with E-state index in [1.165, 1.54) is 24.3 Å². The number of carbonyl (C=O) groups excluding carboxylic acids is 3. The molecule has 1 aliphatic rings. The number of fused-ring (bicyclic) bond motifs is 1. The maximum atomic E-state index is 12.3. The van der Waals surface area contributed by atoms with Crippen LogP contribution in [0.1, 0.15) is 36.6 Å². The maximum Gasteiger partial charge on any atom is 0.338 e. The van der Waals surface area contributed by atoms with E-state index in [1.54, 1.807) is 18.2 Å². The van der Waals surface area contributed by atoms with E-state index in [9.17, 15) is 14.4 Å². The molecule has 0 fully saturated rings. The van der Waals surface area contributed by atoms with Crippen molar-refractivity contribution in [2.24, 2.45) is 0 Å². The maximum absolute atomic E-state index is 12.3. The first-order valence-electron chi connectivity index (χ1n) is 7.64. The molecule has 3 rings (SSSR count). The number of esters is 1. The van der Waals surface area contributed by atoms with Crippen LogP contribution in [0.4, 0.5) is 0 Å². The molecule has 0 saturated heterocycles. The van der Waals surface area contributed by atoms with E-state index in [0.717, 1.165) is 4.90 Å². The van der Waals surface area contributed by atoms with E-state index in [1.807, 2.05) is 0 Å². The highest BCUT2D eigenvalue weighted by molar-refractivity contribution is 6.42. The molecule has 1 heterocycles. The predicted molar refractivity (Wildman–Crippen MR) is 97.6 cm³/mol. The molecule has 0 unspecified atom stereocenters. The van der Waals surface area contributed by atoms with Gasteiger partial charge in [0.1, 0.15) is 6.61 Å². The van der Waals surface area contributed by atoms with Crippen molar-refractivity contribution < 1.29 is 19.1 Å². The SMILES string of the molecule is C=CCN1C(=O)c2ccc(C(=O)OCc3ccc(Cl)c(Cl)c3)cc2C1=O. The van der Waals surface area contributed by atoms with Crippen LogP contribution in [0.2, 0.25) is 10.0 Å². The number of hydrogen-bond donors (Lipinski definition) is 0. The Morgan fingerprint density at radius 3 is 2.46 bits per heavy atom. The lowest BCUT2D eigenvalue weighted by Gasteiger charge is -2.09. The second kappa shape index (κ2) is 7.32. The van der Waals surface area contributed by atoms with Gasteiger partial charge in [0.2, 0.25) is 0 Å². The lowest BCUT2D eigenvalue weighted by atomic mass is 10.1. The van der Waals surface area contributed by atoms with Gasteiger partial charge in [-0.25, -0.2) is 4.79 Å². The smallest absolute Gasteiger partial charge is 0.338 e. The number of ether oxygens (including phenoxy) is 1. The Labute approximate surface area is 159 Å². The second-order valence-corrected chi connectivity index (χ2v) is 6.41. The summed E-state index contributed by atoms with van der Waals surface area (Å²) in [6, 6.07) is 9.19. The van der Waals surface area contributed by atoms with Crippen molar-refractivity contribution in [2.45, 2.75) is 6.61 Å². The first-order chi connectivity index (χ1) is 12.4. The molecule has 0 aromatic heterocycles. The minimum absolute atomic E-state index is 0.00226. The van der Waals surface area contributed by atoms with Gasteiger partial charge in [0.05, 0.1) is 26.7 Å². The zero-order valence-electron chi connectivity index (χ0n) is 13.5. The van der Waals surface area contributed by atoms with E-state index in [-0.39, 0.29) is 29.8 Å². The number of amides is 2. The van der Waals surface area contributed by atoms with Crippen LogP contribution < -0.4 is 0 Å². The highest BCUT2D eigenvalue weighted by Crippen LogP contribution is 2.25. The molecule has 0 radical (unpaired) electrons. The van der Waals surface area contributed by atoms with Crippen LogP contribution in [0.3, 0.4) is 0 Å². The molecule has 0 aliphatic carbocycles. The number of rotatable bonds is 5. The van der Waals surface area contributed by atoms with Gasteiger partial charge < -0.3 is 4.74 Å². The van der Waals surface area contributed by atoms with Crippen LogP contribution in [0.15, 0.2) is 49.1 Å². The van der Waals surface area contributed by atoms with Crippen LogP contribution >= 0.6 is 23.2 Å². The lowest BCUT2D eigenvalue weighted by Crippen LogP contribution is -2.29. The Bertz CT molecular complexity index is 939. The third-order valence-electron chi connectivity index (χ3n) is 3.87. The van der Waals surface area contributed by atoms with E-state index >= 15 is 0 Å². The predicted octanol–water partition coefficient (Wildman–Crippen LogP) is 4.13. The zero-order chi connectivity index (χ0) is 18.8. The van der Waals surface area contributed by atoms with Crippen molar-refractivity contribution in [1.82, 2.24) is 4.90 Å². The molecule has 5 nitrogen and oxygen atoms in total. The monoisotopic (exact) mass is 389 g/mol. The second-order valence-electron chi connectivity index (χ2n) is 5.59. The van der Waals surface area contributed by atoms with Crippen LogP contribution in [-0.4, -0.2) is 29.2 Å². The fourth-order valence-electron chi connectivity index (χ4n) is 2.57. The number of nitrogens with zero attached hydrogens (tertiary/aromatic N) is 1. The topological polar surface area (TPSA) is 63.7 Å². The third-order valence-corrected chi connectivity index (χ3v) is 4.61. The largest absolute Gasteiger partial charge is 0.457 e. The van der Waals surface area contributed by atoms with Crippen molar-refractivity contribution in [3.8, 4) is 0 Å². The summed E-state index contributed by atoms with van der Waals surface area (Å²) in [5.41, 5.74) is 1.31. The van der Waals surface area contributed by atoms with Gasteiger partial charge in [-0.2, -0.15) is 0 Å². The first kappa shape index (κ1) is 18.2. The van der Waals surface area contributed by atoms with E-state index < -0.39 is 17.8 Å². The summed E-state index contributed by atoms with van der Waals surface area (Å²) in [6.45, 7) is 3.65. The number of imide groups is 1. The average Bonchev–Trinajstić information content (AvgIpc) is 2.87. The van der Waals surface area contributed by atoms with Crippen molar-refractivity contribution in [1.29, 1.82) is 0 Å². The molecule has 0 spiro atoms. The van der Waals surface area contributed by atoms with Crippen molar-refractivity contribution >= 4 is 41.0 Å². The summed E-state index contributed by atoms with van der Waals surface area (Å²) in [5.74, 6) is -1.47. The minimum Gasteiger partial charge on any atom is -0.457 e. The van der Waals surface area contributed by atoms with Crippen LogP contribution in [0, 0.1) is 0 Å². The number of halogens is 2. The summed E-state index contributed by atoms with van der Waals surface area (Å²) in [4.78, 5) is 37.8. The molecule has 2 aromatic carbocycles. The standard InChI is InChI=1S/C19H13Cl2NO4/c1-2-7-22-17(23)13-5-4-12(9-14(13)18(22)24)19(25)26-10-11-3-6-15(20)16(21)8-11/h2-6,8-9H,1,7,10H2. The van der Waals surface area contributed by atoms with Gasteiger partial charge in [-0.3, -0.25) is 14.5 Å². The molecular formula is C19H13Cl2NO4. The summed E-state index contributed by atoms with van der Waals surface area (Å²) in [7, 11) is 0. The number of carbonyl (C=O) groups is 3. The quantitative estimate of drug-likeness (QED) is 0.438. The summed E-state index contributed by atoms with van der Waals surface area (Å²) < 4.78 is 5.24. The lowest BCUT2D eigenvalue weighted by molar-refractivity contribution is 0.0472. The van der Waals surface area contributed by atoms with E-state index in [4.69, 9.17) is 27.9 Å². The highest BCUT2D eigenvalue weighted by atomic mass is 35.5. The molecule has 26 heavy (non-hydrogen) atoms. The van der Waals surface area contributed by atoms with Gasteiger partial charge >= 0.3 is 5.97 Å². The Hall–Kier alpha value is -2.63. The molecule has 0 N–H and O–H groups in total. The molecule has 1 aliphatic heterocycles. The Kier molecular flexibility index (Phi) is 5.11. The summed E-state index contributed by atoms with van der Waals surface area (Å²) in [5, 5.41) is 0.775. The highest BCUT2D eigenvalue weighted by Gasteiger charge is 2.35. The first-order valence-corrected chi connectivity index (χ1v) is 8.40. The minimum atomic E-state index is -0.610. The summed E-state index contributed by atoms with van der Waals surface area (Å²) in [6.07, 6.45) is 1.47. The molecule has 2 aromatic rings. The normalized spacial score (nSPS) is 12.9. The van der Waals surface area contributed by atoms with Gasteiger partial charge in [-0.1, -0.05) is 35.3 Å². The Morgan fingerprint density at radius 1 is 1.04 bits per heavy atom. The molecule has 0 atom stereocenters. The molecule has 0 saturated carbocycles. The van der Waals surface area contributed by atoms with Gasteiger partial charge in [0.15, 0.2) is 0 Å². The van der Waals surface area contributed by atoms with Crippen molar-refractivity contribution in [2.75, 3.05) is 6.54 Å². The van der Waals surface area contributed by atoms with Crippen LogP contribution in [-0.2, 0) is 11.3 Å². The third kappa shape index (κ3) is 3.36. The Morgan fingerprint density at radius 2 is 1.77 bits per heavy atom. The van der Waals surface area contributed by atoms with Crippen molar-refractivity contribution in [3.05, 3.63) is 81.4 Å². The van der Waals surface area contributed by atoms with Crippen LogP contribution in [0.5, 0.6) is 0 Å². The van der Waals surface area contributed by atoms with Gasteiger partial charge in [-0.15, -0.1) is 6.58 Å². The number of benzene rings is 2. The van der Waals surface area contributed by atoms with Crippen molar-refractivity contribution in [3.63, 3.8) is 0 Å². The fourth-order valence-corrected chi connectivity index (χ4v) is 2.89. The molecule has 2 amide bonds. The van der Waals surface area contributed by atoms with Gasteiger partial charge in [-0.05, 0) is 35.9 Å². The average molecular weight is 390 g/mol. The molecule has 132 valence electrons. The number of hydrogen-bond acceptors (Lipinski definition) is 4. The molecular weight excluding hydrogens is 377 g/mol. The van der Waals surface area contributed by atoms with Gasteiger partial charge in [0.25, 0.3) is 11.8 Å². The van der Waals surface area contributed by atoms with Gasteiger partial charge in [0, 0.05) is 6.54 Å². The zero-order valence-corrected chi connectivity index (χ0v) is 15.0. The molecule has 7 heteroatoms. The Balaban J connectivity index is 1.76.